The largest absolute Gasteiger partial charge is 0.478 e. The Morgan fingerprint density at radius 3 is 2.63 bits per heavy atom. The third kappa shape index (κ3) is 4.51. The van der Waals surface area contributed by atoms with E-state index >= 15 is 0 Å². The molecule has 19 heavy (non-hydrogen) atoms. The van der Waals surface area contributed by atoms with Crippen LogP contribution in [0.15, 0.2) is 40.0 Å². The van der Waals surface area contributed by atoms with Gasteiger partial charge in [-0.15, -0.1) is 0 Å². The Balaban J connectivity index is 2.04. The third-order valence-electron chi connectivity index (χ3n) is 2.38. The maximum absolute atomic E-state index is 5.42. The summed E-state index contributed by atoms with van der Waals surface area (Å²) in [6.07, 6.45) is 0. The van der Waals surface area contributed by atoms with Gasteiger partial charge in [0.05, 0.1) is 6.61 Å². The van der Waals surface area contributed by atoms with Crippen LogP contribution >= 0.6 is 27.7 Å². The van der Waals surface area contributed by atoms with Crippen LogP contribution < -0.4 is 4.74 Å². The summed E-state index contributed by atoms with van der Waals surface area (Å²) < 4.78 is 6.51. The molecule has 0 amide bonds. The molecule has 0 saturated heterocycles. The van der Waals surface area contributed by atoms with Crippen molar-refractivity contribution in [3.8, 4) is 5.88 Å². The Morgan fingerprint density at radius 2 is 1.95 bits per heavy atom. The Kier molecular flexibility index (Phi) is 5.22. The Morgan fingerprint density at radius 1 is 1.21 bits per heavy atom. The van der Waals surface area contributed by atoms with Crippen molar-refractivity contribution in [2.24, 2.45) is 0 Å². The summed E-state index contributed by atoms with van der Waals surface area (Å²) in [5.41, 5.74) is 2.17. The van der Waals surface area contributed by atoms with E-state index in [-0.39, 0.29) is 0 Å². The minimum Gasteiger partial charge on any atom is -0.478 e. The van der Waals surface area contributed by atoms with Crippen LogP contribution in [-0.4, -0.2) is 16.6 Å². The van der Waals surface area contributed by atoms with Crippen molar-refractivity contribution in [2.75, 3.05) is 6.61 Å². The fraction of sp³-hybridized carbons (Fsp3) is 0.286. The lowest BCUT2D eigenvalue weighted by atomic mass is 10.2. The molecular weight excluding hydrogens is 324 g/mol. The molecule has 0 radical (unpaired) electrons. The van der Waals surface area contributed by atoms with Gasteiger partial charge in [0, 0.05) is 22.0 Å². The summed E-state index contributed by atoms with van der Waals surface area (Å²) in [5.74, 6) is 1.50. The first-order valence-electron chi connectivity index (χ1n) is 6.03. The first kappa shape index (κ1) is 14.3. The second-order valence-electron chi connectivity index (χ2n) is 3.98. The number of rotatable bonds is 5. The molecule has 0 aliphatic rings. The molecule has 0 spiro atoms. The lowest BCUT2D eigenvalue weighted by Crippen LogP contribution is -1.98. The molecule has 0 unspecified atom stereocenters. The van der Waals surface area contributed by atoms with Gasteiger partial charge in [-0.05, 0) is 31.5 Å². The van der Waals surface area contributed by atoms with E-state index in [1.54, 1.807) is 11.8 Å². The topological polar surface area (TPSA) is 35.0 Å². The highest BCUT2D eigenvalue weighted by molar-refractivity contribution is 9.10. The van der Waals surface area contributed by atoms with Crippen molar-refractivity contribution in [1.82, 2.24) is 9.97 Å². The van der Waals surface area contributed by atoms with E-state index in [4.69, 9.17) is 4.74 Å². The molecule has 2 rings (SSSR count). The minimum absolute atomic E-state index is 0.618. The van der Waals surface area contributed by atoms with E-state index in [1.807, 2.05) is 32.0 Å². The van der Waals surface area contributed by atoms with Gasteiger partial charge in [-0.25, -0.2) is 4.98 Å². The molecule has 1 heterocycles. The number of hydrogen-bond donors (Lipinski definition) is 0. The molecule has 100 valence electrons. The highest BCUT2D eigenvalue weighted by Gasteiger charge is 2.04. The average Bonchev–Trinajstić information content (AvgIpc) is 2.38. The predicted molar refractivity (Wildman–Crippen MR) is 81.6 cm³/mol. The van der Waals surface area contributed by atoms with E-state index in [0.717, 1.165) is 21.1 Å². The predicted octanol–water partition coefficient (Wildman–Crippen LogP) is 4.24. The highest BCUT2D eigenvalue weighted by atomic mass is 79.9. The number of aryl methyl sites for hydroxylation is 1. The molecular formula is C14H15BrN2OS. The van der Waals surface area contributed by atoms with Crippen molar-refractivity contribution >= 4 is 27.7 Å². The molecule has 0 atom stereocenters. The van der Waals surface area contributed by atoms with Gasteiger partial charge in [-0.1, -0.05) is 39.8 Å². The van der Waals surface area contributed by atoms with Crippen LogP contribution in [0.4, 0.5) is 0 Å². The molecule has 3 nitrogen and oxygen atoms in total. The van der Waals surface area contributed by atoms with Crippen LogP contribution in [0, 0.1) is 6.92 Å². The maximum atomic E-state index is 5.42. The number of nitrogens with zero attached hydrogens (tertiary/aromatic N) is 2. The van der Waals surface area contributed by atoms with E-state index in [9.17, 15) is 0 Å². The molecule has 0 N–H and O–H groups in total. The quantitative estimate of drug-likeness (QED) is 0.603. The second kappa shape index (κ2) is 6.91. The molecule has 0 bridgehead atoms. The maximum Gasteiger partial charge on any atom is 0.217 e. The zero-order valence-corrected chi connectivity index (χ0v) is 13.3. The smallest absolute Gasteiger partial charge is 0.217 e. The van der Waals surface area contributed by atoms with Gasteiger partial charge >= 0.3 is 0 Å². The van der Waals surface area contributed by atoms with Crippen LogP contribution in [0.5, 0.6) is 5.88 Å². The van der Waals surface area contributed by atoms with Gasteiger partial charge in [0.2, 0.25) is 5.88 Å². The second-order valence-corrected chi connectivity index (χ2v) is 5.84. The van der Waals surface area contributed by atoms with Gasteiger partial charge in [0.15, 0.2) is 5.16 Å². The number of aromatic nitrogens is 2. The lowest BCUT2D eigenvalue weighted by molar-refractivity contribution is 0.322. The Bertz CT molecular complexity index is 546. The van der Waals surface area contributed by atoms with Crippen molar-refractivity contribution < 1.29 is 4.74 Å². The van der Waals surface area contributed by atoms with Crippen molar-refractivity contribution in [2.45, 2.75) is 24.8 Å². The molecule has 0 aliphatic heterocycles. The highest BCUT2D eigenvalue weighted by Crippen LogP contribution is 2.22. The zero-order chi connectivity index (χ0) is 13.7. The lowest BCUT2D eigenvalue weighted by Gasteiger charge is -2.06. The Hall–Kier alpha value is -1.07. The molecule has 0 fully saturated rings. The Labute approximate surface area is 125 Å². The van der Waals surface area contributed by atoms with Crippen LogP contribution in [0.3, 0.4) is 0 Å². The van der Waals surface area contributed by atoms with E-state index in [1.165, 1.54) is 5.56 Å². The fourth-order valence-corrected chi connectivity index (χ4v) is 2.64. The standard InChI is InChI=1S/C14H15BrN2OS/c1-3-18-13-8-10(2)16-14(17-13)19-9-11-4-6-12(15)7-5-11/h4-8H,3,9H2,1-2H3. The van der Waals surface area contributed by atoms with Gasteiger partial charge in [-0.2, -0.15) is 4.98 Å². The van der Waals surface area contributed by atoms with Gasteiger partial charge in [0.25, 0.3) is 0 Å². The molecule has 5 heteroatoms. The number of hydrogen-bond acceptors (Lipinski definition) is 4. The first-order valence-corrected chi connectivity index (χ1v) is 7.81. The van der Waals surface area contributed by atoms with Gasteiger partial charge in [0.1, 0.15) is 0 Å². The fourth-order valence-electron chi connectivity index (χ4n) is 1.53. The molecule has 2 aromatic rings. The zero-order valence-electron chi connectivity index (χ0n) is 10.9. The summed E-state index contributed by atoms with van der Waals surface area (Å²) >= 11 is 5.05. The van der Waals surface area contributed by atoms with Gasteiger partial charge < -0.3 is 4.74 Å². The monoisotopic (exact) mass is 338 g/mol. The minimum atomic E-state index is 0.618. The third-order valence-corrected chi connectivity index (χ3v) is 3.83. The summed E-state index contributed by atoms with van der Waals surface area (Å²) in [7, 11) is 0. The van der Waals surface area contributed by atoms with Crippen LogP contribution in [0.1, 0.15) is 18.2 Å². The molecule has 0 aliphatic carbocycles. The first-order chi connectivity index (χ1) is 9.17. The van der Waals surface area contributed by atoms with Crippen LogP contribution in [0.25, 0.3) is 0 Å². The summed E-state index contributed by atoms with van der Waals surface area (Å²) in [6, 6.07) is 10.1. The number of ether oxygens (including phenoxy) is 1. The number of thioether (sulfide) groups is 1. The van der Waals surface area contributed by atoms with Crippen molar-refractivity contribution in [1.29, 1.82) is 0 Å². The van der Waals surface area contributed by atoms with Crippen molar-refractivity contribution in [3.63, 3.8) is 0 Å². The summed E-state index contributed by atoms with van der Waals surface area (Å²) in [4.78, 5) is 8.79. The number of benzene rings is 1. The van der Waals surface area contributed by atoms with E-state index < -0.39 is 0 Å². The van der Waals surface area contributed by atoms with Crippen LogP contribution in [0.2, 0.25) is 0 Å². The van der Waals surface area contributed by atoms with Crippen molar-refractivity contribution in [3.05, 3.63) is 46.1 Å². The SMILES string of the molecule is CCOc1cc(C)nc(SCc2ccc(Br)cc2)n1. The normalized spacial score (nSPS) is 10.5. The summed E-state index contributed by atoms with van der Waals surface area (Å²) in [6.45, 7) is 4.52. The average molecular weight is 339 g/mol. The van der Waals surface area contributed by atoms with Crippen LogP contribution in [-0.2, 0) is 5.75 Å². The summed E-state index contributed by atoms with van der Waals surface area (Å²) in [5, 5.41) is 0.756. The number of halogens is 1. The molecule has 0 saturated carbocycles. The molecule has 1 aromatic carbocycles. The van der Waals surface area contributed by atoms with E-state index in [0.29, 0.717) is 12.5 Å². The van der Waals surface area contributed by atoms with Gasteiger partial charge in [-0.3, -0.25) is 0 Å². The van der Waals surface area contributed by atoms with E-state index in [2.05, 4.69) is 38.0 Å². The molecule has 1 aromatic heterocycles.